The van der Waals surface area contributed by atoms with Crippen molar-refractivity contribution in [1.82, 2.24) is 14.8 Å². The lowest BCUT2D eigenvalue weighted by Crippen LogP contribution is -2.39. The second-order valence-corrected chi connectivity index (χ2v) is 7.60. The van der Waals surface area contributed by atoms with Crippen molar-refractivity contribution in [3.05, 3.63) is 27.0 Å². The van der Waals surface area contributed by atoms with Gasteiger partial charge < -0.3 is 29.6 Å². The molecule has 0 amide bonds. The molecule has 2 rings (SSSR count). The van der Waals surface area contributed by atoms with Crippen molar-refractivity contribution in [3.8, 4) is 0 Å². The summed E-state index contributed by atoms with van der Waals surface area (Å²) in [5.74, 6) is 0. The summed E-state index contributed by atoms with van der Waals surface area (Å²) in [6, 6.07) is 0. The number of ether oxygens (including phenoxy) is 1. The van der Waals surface area contributed by atoms with Crippen molar-refractivity contribution in [1.29, 1.82) is 0 Å². The quantitative estimate of drug-likeness (QED) is 0.256. The molecule has 15 nitrogen and oxygen atoms in total. The van der Waals surface area contributed by atoms with Crippen LogP contribution in [0.2, 0.25) is 0 Å². The summed E-state index contributed by atoms with van der Waals surface area (Å²) >= 11 is 0. The number of aromatic nitrogens is 3. The van der Waals surface area contributed by atoms with Gasteiger partial charge in [0.25, 0.3) is 5.56 Å². The van der Waals surface area contributed by atoms with Crippen LogP contribution in [0.1, 0.15) is 6.23 Å². The molecular weight excluding hydrogens is 392 g/mol. The lowest BCUT2D eigenvalue weighted by Gasteiger charge is -2.17. The topological polar surface area (TPSA) is 231 Å². The largest absolute Gasteiger partial charge is 0.481 e. The third kappa shape index (κ3) is 5.12. The molecular formula is C8H13N3O12P2. The van der Waals surface area contributed by atoms with Gasteiger partial charge in [-0.25, -0.2) is 13.9 Å². The molecule has 0 radical (unpaired) electrons. The molecule has 0 saturated carbocycles. The molecule has 2 heterocycles. The van der Waals surface area contributed by atoms with Crippen molar-refractivity contribution >= 4 is 15.6 Å². The molecule has 1 saturated heterocycles. The monoisotopic (exact) mass is 405 g/mol. The molecule has 142 valence electrons. The van der Waals surface area contributed by atoms with Crippen LogP contribution >= 0.6 is 15.6 Å². The van der Waals surface area contributed by atoms with Gasteiger partial charge in [0, 0.05) is 0 Å². The summed E-state index contributed by atoms with van der Waals surface area (Å²) in [5, 5.41) is 23.1. The lowest BCUT2D eigenvalue weighted by molar-refractivity contribution is -0.0610. The molecule has 5 atom stereocenters. The zero-order valence-corrected chi connectivity index (χ0v) is 13.8. The minimum absolute atomic E-state index is 0.514. The second kappa shape index (κ2) is 7.17. The zero-order chi connectivity index (χ0) is 19.0. The number of hydrogen-bond acceptors (Lipinski definition) is 10. The van der Waals surface area contributed by atoms with Crippen molar-refractivity contribution in [2.45, 2.75) is 24.5 Å². The number of aromatic amines is 1. The Morgan fingerprint density at radius 3 is 2.44 bits per heavy atom. The Labute approximate surface area is 137 Å². The number of phosphoric acid groups is 2. The Morgan fingerprint density at radius 1 is 1.24 bits per heavy atom. The van der Waals surface area contributed by atoms with Crippen LogP contribution in [0.3, 0.4) is 0 Å². The van der Waals surface area contributed by atoms with E-state index in [1.807, 2.05) is 4.98 Å². The minimum Gasteiger partial charge on any atom is -0.387 e. The van der Waals surface area contributed by atoms with E-state index < -0.39 is 58.0 Å². The number of hydrogen-bond donors (Lipinski definition) is 6. The van der Waals surface area contributed by atoms with Gasteiger partial charge in [0.1, 0.15) is 24.5 Å². The SMILES string of the molecule is O=c1cnn([C@H]2O[C@@H](COP(=O)(O)OP(=O)(O)O)[C@@H](O)[C@@H]2O)c(=O)[nH]1. The first-order valence-electron chi connectivity index (χ1n) is 6.33. The number of H-pyrrole nitrogens is 1. The van der Waals surface area contributed by atoms with Gasteiger partial charge in [-0.3, -0.25) is 14.3 Å². The van der Waals surface area contributed by atoms with Gasteiger partial charge >= 0.3 is 21.3 Å². The van der Waals surface area contributed by atoms with Gasteiger partial charge in [0.15, 0.2) is 6.23 Å². The molecule has 25 heavy (non-hydrogen) atoms. The van der Waals surface area contributed by atoms with Crippen LogP contribution in [0.25, 0.3) is 0 Å². The Balaban J connectivity index is 2.09. The van der Waals surface area contributed by atoms with Gasteiger partial charge in [-0.2, -0.15) is 14.1 Å². The normalized spacial score (nSPS) is 29.5. The highest BCUT2D eigenvalue weighted by Crippen LogP contribution is 2.57. The predicted molar refractivity (Wildman–Crippen MR) is 73.9 cm³/mol. The molecule has 0 aliphatic carbocycles. The van der Waals surface area contributed by atoms with Crippen molar-refractivity contribution in [2.75, 3.05) is 6.61 Å². The molecule has 0 bridgehead atoms. The summed E-state index contributed by atoms with van der Waals surface area (Å²) in [5.41, 5.74) is -1.87. The van der Waals surface area contributed by atoms with E-state index in [0.29, 0.717) is 10.9 Å². The maximum atomic E-state index is 11.6. The van der Waals surface area contributed by atoms with E-state index in [4.69, 9.17) is 19.4 Å². The second-order valence-electron chi connectivity index (χ2n) is 4.77. The average Bonchev–Trinajstić information content (AvgIpc) is 2.71. The Kier molecular flexibility index (Phi) is 5.75. The van der Waals surface area contributed by atoms with Crippen molar-refractivity contribution < 1.29 is 47.6 Å². The van der Waals surface area contributed by atoms with E-state index in [1.54, 1.807) is 0 Å². The van der Waals surface area contributed by atoms with Gasteiger partial charge in [0.05, 0.1) is 6.61 Å². The molecule has 0 spiro atoms. The van der Waals surface area contributed by atoms with Crippen LogP contribution in [0, 0.1) is 0 Å². The van der Waals surface area contributed by atoms with E-state index >= 15 is 0 Å². The standard InChI is InChI=1S/C8H13N3O12P2/c12-4-1-9-11(8(15)10-4)7-6(14)5(13)3(22-7)2-21-25(19,20)23-24(16,17)18/h1,3,5-7,13-14H,2H2,(H,19,20)(H,10,12,15)(H2,16,17,18)/t3-,5+,6-,7-/m0/s1. The van der Waals surface area contributed by atoms with Crippen molar-refractivity contribution in [2.24, 2.45) is 0 Å². The van der Waals surface area contributed by atoms with Crippen LogP contribution in [0.5, 0.6) is 0 Å². The smallest absolute Gasteiger partial charge is 0.387 e. The lowest BCUT2D eigenvalue weighted by atomic mass is 10.1. The number of phosphoric ester groups is 1. The molecule has 17 heteroatoms. The Morgan fingerprint density at radius 2 is 1.88 bits per heavy atom. The first-order chi connectivity index (χ1) is 11.4. The summed E-state index contributed by atoms with van der Waals surface area (Å²) in [7, 11) is -10.5. The third-order valence-corrected chi connectivity index (χ3v) is 5.08. The van der Waals surface area contributed by atoms with Crippen LogP contribution in [-0.4, -0.2) is 64.6 Å². The minimum atomic E-state index is -5.33. The Bertz CT molecular complexity index is 830. The molecule has 1 fully saturated rings. The molecule has 6 N–H and O–H groups in total. The van der Waals surface area contributed by atoms with Crippen LogP contribution in [0.15, 0.2) is 15.8 Å². The summed E-state index contributed by atoms with van der Waals surface area (Å²) in [6.07, 6.45) is -5.79. The summed E-state index contributed by atoms with van der Waals surface area (Å²) in [6.45, 7) is -0.930. The van der Waals surface area contributed by atoms with E-state index in [-0.39, 0.29) is 0 Å². The Hall–Kier alpha value is -1.25. The number of rotatable bonds is 6. The van der Waals surface area contributed by atoms with E-state index in [0.717, 1.165) is 0 Å². The van der Waals surface area contributed by atoms with Gasteiger partial charge in [-0.1, -0.05) is 0 Å². The molecule has 1 aliphatic rings. The zero-order valence-electron chi connectivity index (χ0n) is 12.0. The van der Waals surface area contributed by atoms with E-state index in [1.165, 1.54) is 0 Å². The van der Waals surface area contributed by atoms with Crippen LogP contribution in [0.4, 0.5) is 0 Å². The predicted octanol–water partition coefficient (Wildman–Crippen LogP) is -3.22. The van der Waals surface area contributed by atoms with Gasteiger partial charge in [-0.05, 0) is 0 Å². The fourth-order valence-electron chi connectivity index (χ4n) is 1.94. The maximum Gasteiger partial charge on any atom is 0.481 e. The third-order valence-electron chi connectivity index (χ3n) is 2.93. The highest BCUT2D eigenvalue weighted by molar-refractivity contribution is 7.60. The fourth-order valence-corrected chi connectivity index (χ4v) is 3.54. The molecule has 1 aromatic rings. The van der Waals surface area contributed by atoms with Gasteiger partial charge in [-0.15, -0.1) is 0 Å². The van der Waals surface area contributed by atoms with Crippen LogP contribution < -0.4 is 11.2 Å². The van der Waals surface area contributed by atoms with Crippen molar-refractivity contribution in [3.63, 3.8) is 0 Å². The molecule has 0 aromatic carbocycles. The number of nitrogens with zero attached hydrogens (tertiary/aromatic N) is 2. The number of aliphatic hydroxyl groups is 2. The van der Waals surface area contributed by atoms with Crippen LogP contribution in [-0.2, 0) is 22.7 Å². The molecule has 1 unspecified atom stereocenters. The first-order valence-corrected chi connectivity index (χ1v) is 9.36. The molecule has 1 aromatic heterocycles. The average molecular weight is 405 g/mol. The van der Waals surface area contributed by atoms with E-state index in [2.05, 4.69) is 13.9 Å². The molecule has 1 aliphatic heterocycles. The fraction of sp³-hybridized carbons (Fsp3) is 0.625. The summed E-state index contributed by atoms with van der Waals surface area (Å²) in [4.78, 5) is 50.5. The highest BCUT2D eigenvalue weighted by atomic mass is 31.3. The van der Waals surface area contributed by atoms with E-state index in [9.17, 15) is 28.9 Å². The van der Waals surface area contributed by atoms with Gasteiger partial charge in [0.2, 0.25) is 0 Å². The highest BCUT2D eigenvalue weighted by Gasteiger charge is 2.46. The first kappa shape index (κ1) is 20.1. The number of aliphatic hydroxyl groups excluding tert-OH is 2. The number of nitrogens with one attached hydrogen (secondary N) is 1. The summed E-state index contributed by atoms with van der Waals surface area (Å²) < 4.78 is 35.3. The maximum absolute atomic E-state index is 11.6.